The molecule has 0 N–H and O–H groups in total. The molecule has 0 saturated heterocycles. The van der Waals surface area contributed by atoms with Gasteiger partial charge in [0.2, 0.25) is 5.88 Å². The average Bonchev–Trinajstić information content (AvgIpc) is 2.15. The molecule has 1 aromatic heterocycles. The molecule has 2 heteroatoms. The van der Waals surface area contributed by atoms with E-state index in [1.165, 1.54) is 0 Å². The van der Waals surface area contributed by atoms with Gasteiger partial charge in [0.15, 0.2) is 0 Å². The topological polar surface area (TPSA) is 22.1 Å². The molecule has 0 aliphatic heterocycles. The van der Waals surface area contributed by atoms with Gasteiger partial charge in [-0.05, 0) is 12.1 Å². The molecule has 0 saturated carbocycles. The fourth-order valence-electron chi connectivity index (χ4n) is 0.817. The van der Waals surface area contributed by atoms with Crippen LogP contribution in [0.15, 0.2) is 37.6 Å². The Morgan fingerprint density at radius 1 is 1.50 bits per heavy atom. The number of nitrogens with zero attached hydrogens (tertiary/aromatic N) is 1. The second-order valence-corrected chi connectivity index (χ2v) is 2.20. The van der Waals surface area contributed by atoms with Crippen LogP contribution in [0.2, 0.25) is 0 Å². The van der Waals surface area contributed by atoms with Crippen molar-refractivity contribution in [3.8, 4) is 5.88 Å². The first-order chi connectivity index (χ1) is 5.88. The van der Waals surface area contributed by atoms with Crippen LogP contribution in [-0.2, 0) is 0 Å². The van der Waals surface area contributed by atoms with Crippen LogP contribution in [0.1, 0.15) is 5.56 Å². The zero-order chi connectivity index (χ0) is 8.81. The van der Waals surface area contributed by atoms with Crippen molar-refractivity contribution in [1.82, 2.24) is 4.98 Å². The van der Waals surface area contributed by atoms with E-state index in [-0.39, 0.29) is 0 Å². The van der Waals surface area contributed by atoms with Crippen molar-refractivity contribution in [3.63, 3.8) is 0 Å². The molecule has 0 aromatic carbocycles. The SMILES string of the molecule is C=CCOc1ncccc1C=C. The van der Waals surface area contributed by atoms with E-state index in [1.54, 1.807) is 18.3 Å². The predicted octanol–water partition coefficient (Wildman–Crippen LogP) is 2.29. The molecule has 0 fully saturated rings. The van der Waals surface area contributed by atoms with Crippen LogP contribution in [0.5, 0.6) is 5.88 Å². The summed E-state index contributed by atoms with van der Waals surface area (Å²) < 4.78 is 5.28. The average molecular weight is 161 g/mol. The molecule has 1 heterocycles. The van der Waals surface area contributed by atoms with Crippen molar-refractivity contribution >= 4 is 6.08 Å². The molecule has 0 unspecified atom stereocenters. The molecule has 0 atom stereocenters. The molecule has 0 radical (unpaired) electrons. The molecular formula is C10H11NO. The van der Waals surface area contributed by atoms with E-state index in [0.29, 0.717) is 12.5 Å². The fraction of sp³-hybridized carbons (Fsp3) is 0.100. The van der Waals surface area contributed by atoms with Crippen molar-refractivity contribution in [3.05, 3.63) is 43.1 Å². The first-order valence-corrected chi connectivity index (χ1v) is 3.69. The van der Waals surface area contributed by atoms with Crippen LogP contribution in [0.3, 0.4) is 0 Å². The third-order valence-electron chi connectivity index (χ3n) is 1.36. The van der Waals surface area contributed by atoms with Gasteiger partial charge in [-0.25, -0.2) is 4.98 Å². The summed E-state index contributed by atoms with van der Waals surface area (Å²) in [6, 6.07) is 3.75. The molecule has 2 nitrogen and oxygen atoms in total. The predicted molar refractivity (Wildman–Crippen MR) is 50.0 cm³/mol. The largest absolute Gasteiger partial charge is 0.473 e. The number of pyridine rings is 1. The quantitative estimate of drug-likeness (QED) is 0.632. The molecule has 0 aliphatic rings. The molecule has 0 amide bonds. The highest BCUT2D eigenvalue weighted by atomic mass is 16.5. The molecule has 12 heavy (non-hydrogen) atoms. The second kappa shape index (κ2) is 4.34. The van der Waals surface area contributed by atoms with Crippen molar-refractivity contribution in [2.24, 2.45) is 0 Å². The summed E-state index contributed by atoms with van der Waals surface area (Å²) in [6.07, 6.45) is 5.08. The van der Waals surface area contributed by atoms with Crippen LogP contribution < -0.4 is 4.74 Å². The molecule has 1 aromatic rings. The molecule has 0 aliphatic carbocycles. The molecule has 62 valence electrons. The number of hydrogen-bond donors (Lipinski definition) is 0. The molecular weight excluding hydrogens is 150 g/mol. The maximum atomic E-state index is 5.28. The Hall–Kier alpha value is -1.57. The monoisotopic (exact) mass is 161 g/mol. The molecule has 1 rings (SSSR count). The lowest BCUT2D eigenvalue weighted by molar-refractivity contribution is 0.348. The van der Waals surface area contributed by atoms with Gasteiger partial charge in [0.05, 0.1) is 0 Å². The highest BCUT2D eigenvalue weighted by Crippen LogP contribution is 2.14. The second-order valence-electron chi connectivity index (χ2n) is 2.20. The van der Waals surface area contributed by atoms with Gasteiger partial charge < -0.3 is 4.74 Å². The zero-order valence-corrected chi connectivity index (χ0v) is 6.86. The highest BCUT2D eigenvalue weighted by Gasteiger charge is 1.97. The van der Waals surface area contributed by atoms with Crippen LogP contribution in [0.25, 0.3) is 6.08 Å². The van der Waals surface area contributed by atoms with Gasteiger partial charge >= 0.3 is 0 Å². The third-order valence-corrected chi connectivity index (χ3v) is 1.36. The number of ether oxygens (including phenoxy) is 1. The lowest BCUT2D eigenvalue weighted by Gasteiger charge is -2.03. The van der Waals surface area contributed by atoms with Crippen molar-refractivity contribution in [2.45, 2.75) is 0 Å². The summed E-state index contributed by atoms with van der Waals surface area (Å²) in [6.45, 7) is 7.68. The van der Waals surface area contributed by atoms with E-state index in [4.69, 9.17) is 4.74 Å². The highest BCUT2D eigenvalue weighted by molar-refractivity contribution is 5.52. The van der Waals surface area contributed by atoms with Gasteiger partial charge in [0.25, 0.3) is 0 Å². The van der Waals surface area contributed by atoms with E-state index in [2.05, 4.69) is 18.1 Å². The van der Waals surface area contributed by atoms with Crippen LogP contribution in [0.4, 0.5) is 0 Å². The first kappa shape index (κ1) is 8.53. The lowest BCUT2D eigenvalue weighted by Crippen LogP contribution is -1.96. The smallest absolute Gasteiger partial charge is 0.220 e. The van der Waals surface area contributed by atoms with Crippen molar-refractivity contribution in [2.75, 3.05) is 6.61 Å². The Labute approximate surface area is 72.2 Å². The normalized spacial score (nSPS) is 9.00. The zero-order valence-electron chi connectivity index (χ0n) is 6.86. The minimum absolute atomic E-state index is 0.470. The summed E-state index contributed by atoms with van der Waals surface area (Å²) in [5, 5.41) is 0. The maximum Gasteiger partial charge on any atom is 0.220 e. The Kier molecular flexibility index (Phi) is 3.08. The summed E-state index contributed by atoms with van der Waals surface area (Å²) in [5.74, 6) is 0.604. The Bertz CT molecular complexity index is 281. The summed E-state index contributed by atoms with van der Waals surface area (Å²) >= 11 is 0. The molecule has 0 spiro atoms. The van der Waals surface area contributed by atoms with Gasteiger partial charge in [-0.1, -0.05) is 25.3 Å². The molecule has 0 bridgehead atoms. The number of rotatable bonds is 4. The van der Waals surface area contributed by atoms with Crippen LogP contribution in [-0.4, -0.2) is 11.6 Å². The van der Waals surface area contributed by atoms with Gasteiger partial charge in [-0.2, -0.15) is 0 Å². The lowest BCUT2D eigenvalue weighted by atomic mass is 10.3. The Balaban J connectivity index is 2.81. The standard InChI is InChI=1S/C10H11NO/c1-3-8-12-10-9(4-2)6-5-7-11-10/h3-7H,1-2,8H2. The maximum absolute atomic E-state index is 5.28. The van der Waals surface area contributed by atoms with Gasteiger partial charge in [0.1, 0.15) is 6.61 Å². The third kappa shape index (κ3) is 1.95. The van der Waals surface area contributed by atoms with E-state index < -0.39 is 0 Å². The Morgan fingerprint density at radius 2 is 2.33 bits per heavy atom. The van der Waals surface area contributed by atoms with E-state index in [9.17, 15) is 0 Å². The first-order valence-electron chi connectivity index (χ1n) is 3.69. The van der Waals surface area contributed by atoms with Crippen molar-refractivity contribution < 1.29 is 4.74 Å². The summed E-state index contributed by atoms with van der Waals surface area (Å²) in [5.41, 5.74) is 0.902. The van der Waals surface area contributed by atoms with Crippen LogP contribution in [0, 0.1) is 0 Å². The minimum Gasteiger partial charge on any atom is -0.473 e. The van der Waals surface area contributed by atoms with E-state index >= 15 is 0 Å². The van der Waals surface area contributed by atoms with Gasteiger partial charge in [0, 0.05) is 11.8 Å². The van der Waals surface area contributed by atoms with E-state index in [0.717, 1.165) is 5.56 Å². The van der Waals surface area contributed by atoms with Gasteiger partial charge in [-0.15, -0.1) is 0 Å². The Morgan fingerprint density at radius 3 is 3.00 bits per heavy atom. The minimum atomic E-state index is 0.470. The summed E-state index contributed by atoms with van der Waals surface area (Å²) in [4.78, 5) is 4.05. The van der Waals surface area contributed by atoms with Crippen LogP contribution >= 0.6 is 0 Å². The fourth-order valence-corrected chi connectivity index (χ4v) is 0.817. The van der Waals surface area contributed by atoms with Crippen molar-refractivity contribution in [1.29, 1.82) is 0 Å². The number of aromatic nitrogens is 1. The summed E-state index contributed by atoms with van der Waals surface area (Å²) in [7, 11) is 0. The number of hydrogen-bond acceptors (Lipinski definition) is 2. The van der Waals surface area contributed by atoms with Gasteiger partial charge in [-0.3, -0.25) is 0 Å². The van der Waals surface area contributed by atoms with E-state index in [1.807, 2.05) is 12.1 Å².